The van der Waals surface area contributed by atoms with Crippen LogP contribution in [0.3, 0.4) is 0 Å². The number of nitrogens with one attached hydrogen (secondary N) is 1. The number of benzene rings is 1. The second-order valence-electron chi connectivity index (χ2n) is 7.93. The van der Waals surface area contributed by atoms with Gasteiger partial charge >= 0.3 is 0 Å². The van der Waals surface area contributed by atoms with Gasteiger partial charge in [0.05, 0.1) is 12.1 Å². The minimum Gasteiger partial charge on any atom is -0.334 e. The van der Waals surface area contributed by atoms with Crippen molar-refractivity contribution >= 4 is 40.2 Å². The number of anilines is 1. The lowest BCUT2D eigenvalue weighted by Gasteiger charge is -2.28. The highest BCUT2D eigenvalue weighted by atomic mass is 32.1. The van der Waals surface area contributed by atoms with E-state index in [-0.39, 0.29) is 18.2 Å². The lowest BCUT2D eigenvalue weighted by Crippen LogP contribution is -2.35. The lowest BCUT2D eigenvalue weighted by molar-refractivity contribution is -0.115. The Balaban J connectivity index is 1.27. The topological polar surface area (TPSA) is 75.2 Å². The smallest absolute Gasteiger partial charge is 0.254 e. The van der Waals surface area contributed by atoms with Crippen molar-refractivity contribution in [3.63, 3.8) is 0 Å². The Kier molecular flexibility index (Phi) is 6.02. The van der Waals surface area contributed by atoms with Crippen molar-refractivity contribution in [2.45, 2.75) is 26.3 Å². The molecule has 4 heterocycles. The number of thiazole rings is 1. The van der Waals surface area contributed by atoms with Gasteiger partial charge in [-0.05, 0) is 60.2 Å². The van der Waals surface area contributed by atoms with Gasteiger partial charge in [0.15, 0.2) is 0 Å². The molecule has 166 valence electrons. The normalized spacial score (nSPS) is 12.9. The monoisotopic (exact) mass is 474 g/mol. The first-order valence-corrected chi connectivity index (χ1v) is 12.4. The third kappa shape index (κ3) is 4.58. The van der Waals surface area contributed by atoms with Gasteiger partial charge in [0.1, 0.15) is 5.01 Å². The molecule has 0 bridgehead atoms. The molecule has 0 fully saturated rings. The SMILES string of the molecule is Cc1c(NC(=O)Cc2csc(-c3cccnc3)n2)cccc1C(=O)N1CCc2sccc2C1. The summed E-state index contributed by atoms with van der Waals surface area (Å²) in [6, 6.07) is 11.4. The summed E-state index contributed by atoms with van der Waals surface area (Å²) in [5.74, 6) is -0.160. The van der Waals surface area contributed by atoms with E-state index in [0.717, 1.165) is 22.6 Å². The summed E-state index contributed by atoms with van der Waals surface area (Å²) >= 11 is 3.25. The maximum atomic E-state index is 13.2. The van der Waals surface area contributed by atoms with Crippen molar-refractivity contribution in [2.75, 3.05) is 11.9 Å². The first-order valence-electron chi connectivity index (χ1n) is 10.7. The van der Waals surface area contributed by atoms with E-state index in [1.165, 1.54) is 21.8 Å². The Morgan fingerprint density at radius 3 is 2.91 bits per heavy atom. The molecule has 0 aliphatic carbocycles. The van der Waals surface area contributed by atoms with Gasteiger partial charge < -0.3 is 10.2 Å². The molecule has 2 amide bonds. The molecule has 33 heavy (non-hydrogen) atoms. The molecular weight excluding hydrogens is 452 g/mol. The molecule has 0 saturated heterocycles. The van der Waals surface area contributed by atoms with Crippen molar-refractivity contribution in [3.8, 4) is 10.6 Å². The van der Waals surface area contributed by atoms with Gasteiger partial charge in [-0.25, -0.2) is 4.98 Å². The second kappa shape index (κ2) is 9.25. The first kappa shape index (κ1) is 21.5. The van der Waals surface area contributed by atoms with E-state index in [2.05, 4.69) is 26.7 Å². The molecule has 1 N–H and O–H groups in total. The van der Waals surface area contributed by atoms with Crippen molar-refractivity contribution in [1.82, 2.24) is 14.9 Å². The standard InChI is InChI=1S/C25H22N4O2S2/c1-16-20(25(31)29-10-7-22-18(14-29)8-11-32-22)5-2-6-21(16)28-23(30)12-19-15-33-24(27-19)17-4-3-9-26-13-17/h2-6,8-9,11,13,15H,7,10,12,14H2,1H3,(H,28,30). The van der Waals surface area contributed by atoms with Crippen molar-refractivity contribution in [3.05, 3.63) is 86.8 Å². The van der Waals surface area contributed by atoms with Crippen LogP contribution in [0.25, 0.3) is 10.6 Å². The van der Waals surface area contributed by atoms with E-state index in [4.69, 9.17) is 0 Å². The van der Waals surface area contributed by atoms with E-state index >= 15 is 0 Å². The average Bonchev–Trinajstić information content (AvgIpc) is 3.49. The number of carbonyl (C=O) groups is 2. The number of hydrogen-bond acceptors (Lipinski definition) is 6. The minimum atomic E-state index is -0.161. The molecule has 0 unspecified atom stereocenters. The minimum absolute atomic E-state index is 0.000984. The fourth-order valence-corrected chi connectivity index (χ4v) is 5.66. The molecule has 1 aliphatic heterocycles. The average molecular weight is 475 g/mol. The van der Waals surface area contributed by atoms with E-state index in [1.807, 2.05) is 47.5 Å². The number of fused-ring (bicyclic) bond motifs is 1. The third-order valence-corrected chi connectivity index (χ3v) is 7.70. The summed E-state index contributed by atoms with van der Waals surface area (Å²) in [7, 11) is 0. The van der Waals surface area contributed by atoms with Crippen LogP contribution < -0.4 is 5.32 Å². The molecule has 3 aromatic heterocycles. The van der Waals surface area contributed by atoms with Gasteiger partial charge in [-0.2, -0.15) is 0 Å². The maximum Gasteiger partial charge on any atom is 0.254 e. The summed E-state index contributed by atoms with van der Waals surface area (Å²) in [5, 5.41) is 7.78. The van der Waals surface area contributed by atoms with Crippen LogP contribution >= 0.6 is 22.7 Å². The molecule has 8 heteroatoms. The highest BCUT2D eigenvalue weighted by Gasteiger charge is 2.24. The van der Waals surface area contributed by atoms with Crippen LogP contribution in [-0.4, -0.2) is 33.2 Å². The number of nitrogens with zero attached hydrogens (tertiary/aromatic N) is 3. The van der Waals surface area contributed by atoms with Crippen molar-refractivity contribution in [1.29, 1.82) is 0 Å². The van der Waals surface area contributed by atoms with Crippen LogP contribution in [0.4, 0.5) is 5.69 Å². The highest BCUT2D eigenvalue weighted by Crippen LogP contribution is 2.27. The summed E-state index contributed by atoms with van der Waals surface area (Å²) in [6.45, 7) is 3.23. The van der Waals surface area contributed by atoms with Gasteiger partial charge in [-0.15, -0.1) is 22.7 Å². The number of pyridine rings is 1. The third-order valence-electron chi connectivity index (χ3n) is 5.74. The van der Waals surface area contributed by atoms with Crippen LogP contribution in [0.2, 0.25) is 0 Å². The van der Waals surface area contributed by atoms with Gasteiger partial charge in [0, 0.05) is 52.6 Å². The predicted molar refractivity (Wildman–Crippen MR) is 132 cm³/mol. The number of thiophene rings is 1. The van der Waals surface area contributed by atoms with Crippen molar-refractivity contribution in [2.24, 2.45) is 0 Å². The van der Waals surface area contributed by atoms with Crippen LogP contribution in [0.15, 0.2) is 59.6 Å². The molecule has 0 saturated carbocycles. The Hall–Kier alpha value is -3.36. The summed E-state index contributed by atoms with van der Waals surface area (Å²) < 4.78 is 0. The van der Waals surface area contributed by atoms with Crippen LogP contribution in [0.1, 0.15) is 32.1 Å². The molecule has 1 aromatic carbocycles. The van der Waals surface area contributed by atoms with Gasteiger partial charge in [-0.3, -0.25) is 14.6 Å². The molecule has 4 aromatic rings. The Morgan fingerprint density at radius 1 is 1.15 bits per heavy atom. The Morgan fingerprint density at radius 2 is 2.06 bits per heavy atom. The van der Waals surface area contributed by atoms with Crippen LogP contribution in [0, 0.1) is 6.92 Å². The Labute approximate surface area is 200 Å². The van der Waals surface area contributed by atoms with Gasteiger partial charge in [0.25, 0.3) is 5.91 Å². The maximum absolute atomic E-state index is 13.2. The molecule has 0 spiro atoms. The lowest BCUT2D eigenvalue weighted by atomic mass is 10.0. The molecule has 0 atom stereocenters. The molecular formula is C25H22N4O2S2. The van der Waals surface area contributed by atoms with E-state index < -0.39 is 0 Å². The second-order valence-corrected chi connectivity index (χ2v) is 9.79. The van der Waals surface area contributed by atoms with E-state index in [1.54, 1.807) is 23.7 Å². The summed E-state index contributed by atoms with van der Waals surface area (Å²) in [4.78, 5) is 37.9. The number of carbonyl (C=O) groups excluding carboxylic acids is 2. The predicted octanol–water partition coefficient (Wildman–Crippen LogP) is 4.95. The van der Waals surface area contributed by atoms with E-state index in [9.17, 15) is 9.59 Å². The van der Waals surface area contributed by atoms with Gasteiger partial charge in [-0.1, -0.05) is 6.07 Å². The highest BCUT2D eigenvalue weighted by molar-refractivity contribution is 7.13. The van der Waals surface area contributed by atoms with Crippen molar-refractivity contribution < 1.29 is 9.59 Å². The largest absolute Gasteiger partial charge is 0.334 e. The van der Waals surface area contributed by atoms with Gasteiger partial charge in [0.2, 0.25) is 5.91 Å². The first-order chi connectivity index (χ1) is 16.1. The molecule has 0 radical (unpaired) electrons. The quantitative estimate of drug-likeness (QED) is 0.444. The molecule has 5 rings (SSSR count). The molecule has 1 aliphatic rings. The zero-order valence-electron chi connectivity index (χ0n) is 18.1. The number of amides is 2. The zero-order valence-corrected chi connectivity index (χ0v) is 19.7. The summed E-state index contributed by atoms with van der Waals surface area (Å²) in [6.07, 6.45) is 4.54. The zero-order chi connectivity index (χ0) is 22.8. The van der Waals surface area contributed by atoms with Crippen LogP contribution in [0.5, 0.6) is 0 Å². The molecule has 6 nitrogen and oxygen atoms in total. The van der Waals surface area contributed by atoms with E-state index in [0.29, 0.717) is 30.0 Å². The number of aromatic nitrogens is 2. The Bertz CT molecular complexity index is 1310. The summed E-state index contributed by atoms with van der Waals surface area (Å²) in [5.41, 5.74) is 4.93. The fraction of sp³-hybridized carbons (Fsp3) is 0.200. The fourth-order valence-electron chi connectivity index (χ4n) is 3.96. The number of rotatable bonds is 5. The number of hydrogen-bond donors (Lipinski definition) is 1. The van der Waals surface area contributed by atoms with Crippen LogP contribution in [-0.2, 0) is 24.2 Å².